The van der Waals surface area contributed by atoms with Gasteiger partial charge in [-0.3, -0.25) is 9.59 Å². The zero-order valence-corrected chi connectivity index (χ0v) is 18.5. The van der Waals surface area contributed by atoms with Gasteiger partial charge in [-0.05, 0) is 30.3 Å². The van der Waals surface area contributed by atoms with Gasteiger partial charge in [-0.15, -0.1) is 0 Å². The molecule has 1 saturated heterocycles. The fourth-order valence-electron chi connectivity index (χ4n) is 3.28. The molecule has 1 fully saturated rings. The minimum absolute atomic E-state index is 0.00433. The van der Waals surface area contributed by atoms with Crippen molar-refractivity contribution in [3.8, 4) is 11.5 Å². The third kappa shape index (κ3) is 7.01. The van der Waals surface area contributed by atoms with Crippen LogP contribution < -0.4 is 19.7 Å². The number of amides is 1. The number of hydrogen-bond acceptors (Lipinski definition) is 7. The number of benzene rings is 2. The van der Waals surface area contributed by atoms with Gasteiger partial charge in [0.05, 0.1) is 50.3 Å². The van der Waals surface area contributed by atoms with Gasteiger partial charge in [0, 0.05) is 13.1 Å². The molecular weight excluding hydrogens is 457 g/mol. The third-order valence-corrected chi connectivity index (χ3v) is 4.95. The third-order valence-electron chi connectivity index (χ3n) is 4.95. The zero-order chi connectivity index (χ0) is 24.6. The highest BCUT2D eigenvalue weighted by molar-refractivity contribution is 5.96. The van der Waals surface area contributed by atoms with E-state index in [2.05, 4.69) is 5.32 Å². The van der Waals surface area contributed by atoms with Crippen LogP contribution in [0.1, 0.15) is 12.0 Å². The van der Waals surface area contributed by atoms with Crippen molar-refractivity contribution < 1.29 is 41.7 Å². The number of alkyl halides is 3. The Bertz CT molecular complexity index is 993. The van der Waals surface area contributed by atoms with Gasteiger partial charge in [-0.2, -0.15) is 13.2 Å². The first-order valence-electron chi connectivity index (χ1n) is 10.5. The van der Waals surface area contributed by atoms with Gasteiger partial charge < -0.3 is 29.2 Å². The van der Waals surface area contributed by atoms with Crippen molar-refractivity contribution in [3.63, 3.8) is 0 Å². The number of ether oxygens (including phenoxy) is 4. The summed E-state index contributed by atoms with van der Waals surface area (Å²) in [5, 5.41) is 2.43. The quantitative estimate of drug-likeness (QED) is 0.548. The Kier molecular flexibility index (Phi) is 8.58. The largest absolute Gasteiger partial charge is 0.493 e. The Hall–Kier alpha value is -3.47. The Morgan fingerprint density at radius 2 is 1.79 bits per heavy atom. The summed E-state index contributed by atoms with van der Waals surface area (Å²) in [5.74, 6) is -0.488. The number of esters is 1. The first-order chi connectivity index (χ1) is 16.3. The molecule has 0 unspecified atom stereocenters. The molecule has 2 aromatic carbocycles. The highest BCUT2D eigenvalue weighted by Crippen LogP contribution is 2.35. The summed E-state index contributed by atoms with van der Waals surface area (Å²) in [6.45, 7) is 1.12. The number of nitrogens with one attached hydrogen (secondary N) is 1. The first kappa shape index (κ1) is 25.2. The van der Waals surface area contributed by atoms with Crippen molar-refractivity contribution in [2.75, 3.05) is 56.8 Å². The van der Waals surface area contributed by atoms with Gasteiger partial charge in [0.15, 0.2) is 18.1 Å². The van der Waals surface area contributed by atoms with Crippen molar-refractivity contribution in [1.29, 1.82) is 0 Å². The highest BCUT2D eigenvalue weighted by atomic mass is 19.4. The molecule has 1 aliphatic rings. The van der Waals surface area contributed by atoms with Gasteiger partial charge in [-0.25, -0.2) is 0 Å². The van der Waals surface area contributed by atoms with Gasteiger partial charge in [-0.1, -0.05) is 12.1 Å². The van der Waals surface area contributed by atoms with Crippen molar-refractivity contribution in [1.82, 2.24) is 0 Å². The molecule has 0 radical (unpaired) electrons. The summed E-state index contributed by atoms with van der Waals surface area (Å²) in [6.07, 6.45) is -4.70. The number of carbonyl (C=O) groups is 2. The second-order valence-corrected chi connectivity index (χ2v) is 7.29. The van der Waals surface area contributed by atoms with Gasteiger partial charge in [0.2, 0.25) is 0 Å². The molecule has 0 aromatic heterocycles. The molecule has 3 rings (SSSR count). The molecule has 1 N–H and O–H groups in total. The van der Waals surface area contributed by atoms with E-state index in [0.717, 1.165) is 12.1 Å². The number of morpholine rings is 1. The van der Waals surface area contributed by atoms with Crippen LogP contribution in [0.2, 0.25) is 0 Å². The molecule has 1 amide bonds. The standard InChI is InChI=1S/C23H25F3N2O6/c1-31-19-4-2-3-5-20(19)33-11-8-22(30)34-15-21(29)27-17-14-16(23(24,25)26)6-7-18(17)28-9-12-32-13-10-28/h2-7,14H,8-13,15H2,1H3,(H,27,29). The van der Waals surface area contributed by atoms with E-state index in [-0.39, 0.29) is 18.7 Å². The van der Waals surface area contributed by atoms with Crippen LogP contribution >= 0.6 is 0 Å². The average molecular weight is 482 g/mol. The number of carbonyl (C=O) groups excluding carboxylic acids is 2. The van der Waals surface area contributed by atoms with Crippen LogP contribution in [-0.2, 0) is 25.2 Å². The summed E-state index contributed by atoms with van der Waals surface area (Å²) < 4.78 is 60.4. The Balaban J connectivity index is 1.55. The lowest BCUT2D eigenvalue weighted by atomic mass is 10.1. The monoisotopic (exact) mass is 482 g/mol. The maximum Gasteiger partial charge on any atom is 0.416 e. The SMILES string of the molecule is COc1ccccc1OCCC(=O)OCC(=O)Nc1cc(C(F)(F)F)ccc1N1CCOCC1. The summed E-state index contributed by atoms with van der Waals surface area (Å²) in [4.78, 5) is 26.1. The van der Waals surface area contributed by atoms with Crippen LogP contribution in [0.25, 0.3) is 0 Å². The number of nitrogens with zero attached hydrogens (tertiary/aromatic N) is 1. The lowest BCUT2D eigenvalue weighted by Gasteiger charge is -2.31. The molecule has 1 heterocycles. The van der Waals surface area contributed by atoms with Crippen molar-refractivity contribution in [2.45, 2.75) is 12.6 Å². The molecule has 184 valence electrons. The number of para-hydroxylation sites is 2. The van der Waals surface area contributed by atoms with Crippen molar-refractivity contribution in [3.05, 3.63) is 48.0 Å². The van der Waals surface area contributed by atoms with Crippen LogP contribution in [0.5, 0.6) is 11.5 Å². The predicted octanol–water partition coefficient (Wildman–Crippen LogP) is 3.50. The van der Waals surface area contributed by atoms with Gasteiger partial charge >= 0.3 is 12.1 Å². The lowest BCUT2D eigenvalue weighted by Crippen LogP contribution is -2.37. The second kappa shape index (κ2) is 11.6. The number of halogens is 3. The van der Waals surface area contributed by atoms with E-state index in [0.29, 0.717) is 43.5 Å². The molecule has 0 bridgehead atoms. The van der Waals surface area contributed by atoms with E-state index in [1.54, 1.807) is 24.3 Å². The van der Waals surface area contributed by atoms with E-state index in [1.807, 2.05) is 4.90 Å². The van der Waals surface area contributed by atoms with Crippen molar-refractivity contribution in [2.24, 2.45) is 0 Å². The summed E-state index contributed by atoms with van der Waals surface area (Å²) in [5.41, 5.74) is -0.483. The summed E-state index contributed by atoms with van der Waals surface area (Å²) in [7, 11) is 1.49. The molecule has 0 saturated carbocycles. The highest BCUT2D eigenvalue weighted by Gasteiger charge is 2.32. The Morgan fingerprint density at radius 3 is 2.47 bits per heavy atom. The topological polar surface area (TPSA) is 86.3 Å². The molecule has 34 heavy (non-hydrogen) atoms. The maximum atomic E-state index is 13.2. The second-order valence-electron chi connectivity index (χ2n) is 7.29. The minimum atomic E-state index is -4.57. The maximum absolute atomic E-state index is 13.2. The van der Waals surface area contributed by atoms with Crippen LogP contribution in [0.4, 0.5) is 24.5 Å². The van der Waals surface area contributed by atoms with Gasteiger partial charge in [0.1, 0.15) is 0 Å². The van der Waals surface area contributed by atoms with E-state index in [9.17, 15) is 22.8 Å². The van der Waals surface area contributed by atoms with Crippen LogP contribution in [0.3, 0.4) is 0 Å². The summed E-state index contributed by atoms with van der Waals surface area (Å²) >= 11 is 0. The number of rotatable bonds is 9. The zero-order valence-electron chi connectivity index (χ0n) is 18.5. The minimum Gasteiger partial charge on any atom is -0.493 e. The van der Waals surface area contributed by atoms with Crippen LogP contribution in [0.15, 0.2) is 42.5 Å². The summed E-state index contributed by atoms with van der Waals surface area (Å²) in [6, 6.07) is 10.0. The smallest absolute Gasteiger partial charge is 0.416 e. The van der Waals surface area contributed by atoms with E-state index < -0.39 is 30.2 Å². The molecule has 8 nitrogen and oxygen atoms in total. The molecule has 0 aliphatic carbocycles. The Morgan fingerprint density at radius 1 is 1.09 bits per heavy atom. The molecule has 0 atom stereocenters. The fourth-order valence-corrected chi connectivity index (χ4v) is 3.28. The lowest BCUT2D eigenvalue weighted by molar-refractivity contribution is -0.147. The van der Waals surface area contributed by atoms with Gasteiger partial charge in [0.25, 0.3) is 5.91 Å². The Labute approximate surface area is 194 Å². The van der Waals surface area contributed by atoms with Crippen LogP contribution in [-0.4, -0.2) is 58.5 Å². The molecule has 11 heteroatoms. The predicted molar refractivity (Wildman–Crippen MR) is 117 cm³/mol. The van der Waals surface area contributed by atoms with Crippen LogP contribution in [0, 0.1) is 0 Å². The van der Waals surface area contributed by atoms with E-state index in [4.69, 9.17) is 18.9 Å². The van der Waals surface area contributed by atoms with E-state index in [1.165, 1.54) is 13.2 Å². The molecule has 0 spiro atoms. The number of methoxy groups -OCH3 is 1. The van der Waals surface area contributed by atoms with Crippen molar-refractivity contribution >= 4 is 23.3 Å². The molecule has 2 aromatic rings. The molecular formula is C23H25F3N2O6. The van der Waals surface area contributed by atoms with E-state index >= 15 is 0 Å². The molecule has 1 aliphatic heterocycles. The normalized spacial score (nSPS) is 13.8. The fraction of sp³-hybridized carbons (Fsp3) is 0.391. The average Bonchev–Trinajstić information content (AvgIpc) is 2.83. The number of hydrogen-bond donors (Lipinski definition) is 1. The first-order valence-corrected chi connectivity index (χ1v) is 10.5. The number of anilines is 2.